The fourth-order valence-electron chi connectivity index (χ4n) is 4.53. The molecule has 0 saturated heterocycles. The van der Waals surface area contributed by atoms with Crippen LogP contribution in [0.5, 0.6) is 0 Å². The Kier molecular flexibility index (Phi) is 5.60. The zero-order valence-corrected chi connectivity index (χ0v) is 18.6. The molecule has 1 aliphatic heterocycles. The fourth-order valence-corrected chi connectivity index (χ4v) is 4.53. The Bertz CT molecular complexity index is 1350. The summed E-state index contributed by atoms with van der Waals surface area (Å²) in [6.07, 6.45) is -0.117. The SMILES string of the molecule is Cc1ccc2c(c1C#CCCNC(=O)OCC1c3ccccc3-c3ccccc31)C(=O)C(=O)N2. The molecule has 168 valence electrons. The molecule has 1 heterocycles. The van der Waals surface area contributed by atoms with Crippen molar-refractivity contribution in [2.45, 2.75) is 19.3 Å². The van der Waals surface area contributed by atoms with Gasteiger partial charge < -0.3 is 15.4 Å². The summed E-state index contributed by atoms with van der Waals surface area (Å²) in [5, 5.41) is 5.28. The van der Waals surface area contributed by atoms with Crippen LogP contribution in [0, 0.1) is 18.8 Å². The summed E-state index contributed by atoms with van der Waals surface area (Å²) < 4.78 is 5.52. The first-order valence-corrected chi connectivity index (χ1v) is 11.1. The van der Waals surface area contributed by atoms with Gasteiger partial charge in [0.2, 0.25) is 0 Å². The summed E-state index contributed by atoms with van der Waals surface area (Å²) in [6, 6.07) is 19.9. The molecule has 0 atom stereocenters. The van der Waals surface area contributed by atoms with Gasteiger partial charge in [0.15, 0.2) is 0 Å². The van der Waals surface area contributed by atoms with Crippen LogP contribution in [0.15, 0.2) is 60.7 Å². The highest BCUT2D eigenvalue weighted by atomic mass is 16.5. The lowest BCUT2D eigenvalue weighted by molar-refractivity contribution is -0.112. The largest absolute Gasteiger partial charge is 0.449 e. The highest BCUT2D eigenvalue weighted by Gasteiger charge is 2.31. The number of nitrogens with one attached hydrogen (secondary N) is 2. The smallest absolute Gasteiger partial charge is 0.407 e. The van der Waals surface area contributed by atoms with Gasteiger partial charge in [-0.2, -0.15) is 0 Å². The van der Waals surface area contributed by atoms with Crippen molar-refractivity contribution in [2.24, 2.45) is 0 Å². The maximum Gasteiger partial charge on any atom is 0.407 e. The lowest BCUT2D eigenvalue weighted by Crippen LogP contribution is -2.26. The summed E-state index contributed by atoms with van der Waals surface area (Å²) in [4.78, 5) is 36.1. The Labute approximate surface area is 197 Å². The van der Waals surface area contributed by atoms with E-state index < -0.39 is 17.8 Å². The molecule has 6 nitrogen and oxygen atoms in total. The molecule has 5 rings (SSSR count). The van der Waals surface area contributed by atoms with E-state index in [4.69, 9.17) is 4.74 Å². The molecule has 0 bridgehead atoms. The van der Waals surface area contributed by atoms with Gasteiger partial charge in [-0.15, -0.1) is 0 Å². The number of carbonyl (C=O) groups is 3. The molecule has 3 aromatic rings. The van der Waals surface area contributed by atoms with Gasteiger partial charge in [0.05, 0.1) is 11.3 Å². The number of aryl methyl sites for hydroxylation is 1. The lowest BCUT2D eigenvalue weighted by Gasteiger charge is -2.14. The Hall–Kier alpha value is -4.37. The van der Waals surface area contributed by atoms with Crippen LogP contribution in [-0.4, -0.2) is 30.9 Å². The van der Waals surface area contributed by atoms with Gasteiger partial charge in [-0.25, -0.2) is 4.79 Å². The van der Waals surface area contributed by atoms with E-state index in [-0.39, 0.29) is 12.5 Å². The summed E-state index contributed by atoms with van der Waals surface area (Å²) in [7, 11) is 0. The first kappa shape index (κ1) is 21.5. The van der Waals surface area contributed by atoms with Crippen molar-refractivity contribution in [1.29, 1.82) is 0 Å². The molecule has 2 aliphatic rings. The lowest BCUT2D eigenvalue weighted by atomic mass is 9.98. The van der Waals surface area contributed by atoms with Gasteiger partial charge in [-0.05, 0) is 40.8 Å². The van der Waals surface area contributed by atoms with Gasteiger partial charge in [0.25, 0.3) is 11.7 Å². The maximum atomic E-state index is 12.3. The Balaban J connectivity index is 1.17. The molecule has 1 aliphatic carbocycles. The van der Waals surface area contributed by atoms with Crippen molar-refractivity contribution < 1.29 is 19.1 Å². The summed E-state index contributed by atoms with van der Waals surface area (Å²) in [5.74, 6) is 4.76. The number of fused-ring (bicyclic) bond motifs is 4. The van der Waals surface area contributed by atoms with Crippen LogP contribution < -0.4 is 10.6 Å². The summed E-state index contributed by atoms with van der Waals surface area (Å²) >= 11 is 0. The molecule has 2 amide bonds. The Morgan fingerprint density at radius 1 is 1.00 bits per heavy atom. The van der Waals surface area contributed by atoms with Crippen molar-refractivity contribution in [3.63, 3.8) is 0 Å². The number of ketones is 1. The molecular formula is C28H22N2O4. The number of carbonyl (C=O) groups excluding carboxylic acids is 3. The summed E-state index contributed by atoms with van der Waals surface area (Å²) in [6.45, 7) is 2.40. The van der Waals surface area contributed by atoms with Crippen LogP contribution in [0.3, 0.4) is 0 Å². The molecule has 3 aromatic carbocycles. The van der Waals surface area contributed by atoms with Crippen LogP contribution in [0.1, 0.15) is 45.0 Å². The van der Waals surface area contributed by atoms with Crippen LogP contribution in [0.4, 0.5) is 10.5 Å². The molecule has 0 radical (unpaired) electrons. The van der Waals surface area contributed by atoms with Gasteiger partial charge in [-0.1, -0.05) is 66.4 Å². The van der Waals surface area contributed by atoms with Crippen LogP contribution in [0.2, 0.25) is 0 Å². The van der Waals surface area contributed by atoms with Crippen molar-refractivity contribution in [3.8, 4) is 23.0 Å². The number of hydrogen-bond acceptors (Lipinski definition) is 4. The van der Waals surface area contributed by atoms with Gasteiger partial charge >= 0.3 is 6.09 Å². The number of rotatable bonds is 4. The van der Waals surface area contributed by atoms with Crippen LogP contribution >= 0.6 is 0 Å². The van der Waals surface area contributed by atoms with E-state index in [0.717, 1.165) is 16.7 Å². The minimum atomic E-state index is -0.638. The van der Waals surface area contributed by atoms with Crippen molar-refractivity contribution in [2.75, 3.05) is 18.5 Å². The van der Waals surface area contributed by atoms with Crippen molar-refractivity contribution in [1.82, 2.24) is 5.32 Å². The van der Waals surface area contributed by atoms with E-state index in [9.17, 15) is 14.4 Å². The molecule has 0 aromatic heterocycles. The standard InChI is InChI=1S/C28H22N2O4/c1-17-13-14-24-25(26(31)27(32)30-24)18(17)8-6-7-15-29-28(33)34-16-23-21-11-4-2-9-19(21)20-10-3-5-12-22(20)23/h2-5,9-14,23H,7,15-16H2,1H3,(H,29,33)(H,30,31,32). The second kappa shape index (κ2) is 8.87. The van der Waals surface area contributed by atoms with Gasteiger partial charge in [0, 0.05) is 24.4 Å². The van der Waals surface area contributed by atoms with E-state index >= 15 is 0 Å². The van der Waals surface area contributed by atoms with Crippen molar-refractivity contribution in [3.05, 3.63) is 88.5 Å². The normalized spacial score (nSPS) is 13.3. The maximum absolute atomic E-state index is 12.3. The highest BCUT2D eigenvalue weighted by Crippen LogP contribution is 2.44. The predicted octanol–water partition coefficient (Wildman–Crippen LogP) is 4.41. The minimum absolute atomic E-state index is 0.00921. The molecule has 2 N–H and O–H groups in total. The van der Waals surface area contributed by atoms with E-state index in [2.05, 4.69) is 46.7 Å². The highest BCUT2D eigenvalue weighted by molar-refractivity contribution is 6.52. The second-order valence-electron chi connectivity index (χ2n) is 8.27. The van der Waals surface area contributed by atoms with Crippen LogP contribution in [-0.2, 0) is 9.53 Å². The number of amides is 2. The second-order valence-corrected chi connectivity index (χ2v) is 8.27. The first-order valence-electron chi connectivity index (χ1n) is 11.1. The minimum Gasteiger partial charge on any atom is -0.449 e. The monoisotopic (exact) mass is 450 g/mol. The molecule has 6 heteroatoms. The van der Waals surface area contributed by atoms with E-state index in [1.807, 2.05) is 37.3 Å². The van der Waals surface area contributed by atoms with E-state index in [0.29, 0.717) is 29.8 Å². The number of benzene rings is 3. The van der Waals surface area contributed by atoms with Gasteiger partial charge in [-0.3, -0.25) is 9.59 Å². The third-order valence-electron chi connectivity index (χ3n) is 6.17. The van der Waals surface area contributed by atoms with Gasteiger partial charge in [0.1, 0.15) is 6.61 Å². The number of hydrogen-bond donors (Lipinski definition) is 2. The fraction of sp³-hybridized carbons (Fsp3) is 0.179. The Morgan fingerprint density at radius 2 is 1.68 bits per heavy atom. The molecular weight excluding hydrogens is 428 g/mol. The zero-order chi connectivity index (χ0) is 23.7. The average molecular weight is 450 g/mol. The average Bonchev–Trinajstić information content (AvgIpc) is 3.32. The van der Waals surface area contributed by atoms with E-state index in [1.165, 1.54) is 11.1 Å². The predicted molar refractivity (Wildman–Crippen MR) is 129 cm³/mol. The van der Waals surface area contributed by atoms with Crippen LogP contribution in [0.25, 0.3) is 11.1 Å². The molecule has 34 heavy (non-hydrogen) atoms. The third kappa shape index (κ3) is 3.82. The first-order chi connectivity index (χ1) is 16.5. The zero-order valence-electron chi connectivity index (χ0n) is 18.6. The number of alkyl carbamates (subject to hydrolysis) is 1. The van der Waals surface area contributed by atoms with Crippen molar-refractivity contribution >= 4 is 23.5 Å². The number of anilines is 1. The molecule has 0 fully saturated rings. The quantitative estimate of drug-likeness (QED) is 0.350. The van der Waals surface area contributed by atoms with E-state index in [1.54, 1.807) is 6.07 Å². The Morgan fingerprint density at radius 3 is 2.38 bits per heavy atom. The molecule has 0 unspecified atom stereocenters. The number of Topliss-reactive ketones (excluding diaryl/α,β-unsaturated/α-hetero) is 1. The summed E-state index contributed by atoms with van der Waals surface area (Å²) in [5.41, 5.74) is 6.86. The molecule has 0 saturated carbocycles. The topological polar surface area (TPSA) is 84.5 Å². The third-order valence-corrected chi connectivity index (χ3v) is 6.17. The number of ether oxygens (including phenoxy) is 1. The molecule has 0 spiro atoms.